The van der Waals surface area contributed by atoms with Crippen molar-refractivity contribution in [3.8, 4) is 6.07 Å². The van der Waals surface area contributed by atoms with Crippen molar-refractivity contribution in [2.75, 3.05) is 10.5 Å². The molecule has 0 aliphatic carbocycles. The predicted octanol–water partition coefficient (Wildman–Crippen LogP) is 2.30. The maximum Gasteiger partial charge on any atom is 0.263 e. The molecule has 1 aromatic carbocycles. The van der Waals surface area contributed by atoms with Crippen LogP contribution in [0, 0.1) is 18.3 Å². The number of nitrogens with one attached hydrogen (secondary N) is 1. The summed E-state index contributed by atoms with van der Waals surface area (Å²) in [7, 11) is -3.87. The lowest BCUT2D eigenvalue weighted by atomic mass is 10.2. The first kappa shape index (κ1) is 15.1. The lowest BCUT2D eigenvalue weighted by Crippen LogP contribution is -2.15. The van der Waals surface area contributed by atoms with Gasteiger partial charge in [-0.15, -0.1) is 0 Å². The molecule has 3 N–H and O–H groups in total. The fourth-order valence-corrected chi connectivity index (χ4v) is 2.94. The minimum atomic E-state index is -3.87. The first-order valence-electron chi connectivity index (χ1n) is 5.78. The van der Waals surface area contributed by atoms with E-state index in [1.54, 1.807) is 13.0 Å². The average molecular weight is 323 g/mol. The van der Waals surface area contributed by atoms with E-state index in [9.17, 15) is 8.42 Å². The molecule has 21 heavy (non-hydrogen) atoms. The number of halogens is 1. The van der Waals surface area contributed by atoms with E-state index in [-0.39, 0.29) is 21.8 Å². The Morgan fingerprint density at radius 3 is 2.67 bits per heavy atom. The van der Waals surface area contributed by atoms with E-state index in [2.05, 4.69) is 9.71 Å². The van der Waals surface area contributed by atoms with Crippen LogP contribution in [0.2, 0.25) is 5.15 Å². The second-order valence-electron chi connectivity index (χ2n) is 4.30. The number of nitrogens with zero attached hydrogens (tertiary/aromatic N) is 2. The Kier molecular flexibility index (Phi) is 4.02. The number of hydrogen-bond donors (Lipinski definition) is 2. The van der Waals surface area contributed by atoms with Crippen molar-refractivity contribution in [3.05, 3.63) is 46.7 Å². The highest BCUT2D eigenvalue weighted by atomic mass is 35.5. The van der Waals surface area contributed by atoms with Gasteiger partial charge < -0.3 is 5.73 Å². The van der Waals surface area contributed by atoms with Crippen molar-refractivity contribution in [1.29, 1.82) is 5.26 Å². The van der Waals surface area contributed by atoms with Gasteiger partial charge in [0.05, 0.1) is 29.2 Å². The van der Waals surface area contributed by atoms with E-state index in [0.717, 1.165) is 0 Å². The number of rotatable bonds is 3. The molecule has 0 spiro atoms. The summed E-state index contributed by atoms with van der Waals surface area (Å²) in [6, 6.07) is 7.43. The fraction of sp³-hybridized carbons (Fsp3) is 0.0769. The highest BCUT2D eigenvalue weighted by molar-refractivity contribution is 7.92. The van der Waals surface area contributed by atoms with Crippen molar-refractivity contribution in [1.82, 2.24) is 4.98 Å². The molecule has 0 amide bonds. The Morgan fingerprint density at radius 1 is 1.38 bits per heavy atom. The van der Waals surface area contributed by atoms with Crippen LogP contribution in [-0.2, 0) is 10.0 Å². The molecule has 0 atom stereocenters. The molecule has 0 fully saturated rings. The summed E-state index contributed by atoms with van der Waals surface area (Å²) in [5.41, 5.74) is 6.89. The zero-order valence-electron chi connectivity index (χ0n) is 11.0. The molecule has 0 saturated heterocycles. The normalized spacial score (nSPS) is 10.9. The van der Waals surface area contributed by atoms with Gasteiger partial charge >= 0.3 is 0 Å². The van der Waals surface area contributed by atoms with Crippen LogP contribution in [0.15, 0.2) is 35.4 Å². The van der Waals surface area contributed by atoms with Gasteiger partial charge in [0.1, 0.15) is 10.0 Å². The van der Waals surface area contributed by atoms with Crippen LogP contribution in [0.25, 0.3) is 0 Å². The van der Waals surface area contributed by atoms with Crippen LogP contribution >= 0.6 is 11.6 Å². The molecular formula is C13H11ClN4O2S. The Labute approximate surface area is 127 Å². The van der Waals surface area contributed by atoms with Crippen LogP contribution in [0.1, 0.15) is 11.1 Å². The van der Waals surface area contributed by atoms with E-state index < -0.39 is 10.0 Å². The van der Waals surface area contributed by atoms with Crippen LogP contribution in [-0.4, -0.2) is 13.4 Å². The van der Waals surface area contributed by atoms with Gasteiger partial charge in [-0.2, -0.15) is 5.26 Å². The highest BCUT2D eigenvalue weighted by Crippen LogP contribution is 2.23. The molecule has 0 saturated carbocycles. The van der Waals surface area contributed by atoms with Crippen LogP contribution in [0.3, 0.4) is 0 Å². The predicted molar refractivity (Wildman–Crippen MR) is 80.4 cm³/mol. The molecule has 1 heterocycles. The van der Waals surface area contributed by atoms with Crippen molar-refractivity contribution in [2.45, 2.75) is 11.8 Å². The Morgan fingerprint density at radius 2 is 2.10 bits per heavy atom. The van der Waals surface area contributed by atoms with E-state index in [1.165, 1.54) is 24.4 Å². The summed E-state index contributed by atoms with van der Waals surface area (Å²) < 4.78 is 26.9. The maximum absolute atomic E-state index is 12.3. The highest BCUT2D eigenvalue weighted by Gasteiger charge is 2.18. The molecule has 2 rings (SSSR count). The van der Waals surface area contributed by atoms with E-state index >= 15 is 0 Å². The van der Waals surface area contributed by atoms with Crippen molar-refractivity contribution >= 4 is 33.0 Å². The average Bonchev–Trinajstić information content (AvgIpc) is 2.42. The fourth-order valence-electron chi connectivity index (χ4n) is 1.69. The van der Waals surface area contributed by atoms with Crippen LogP contribution in [0.5, 0.6) is 0 Å². The summed E-state index contributed by atoms with van der Waals surface area (Å²) in [4.78, 5) is 3.77. The van der Waals surface area contributed by atoms with Crippen molar-refractivity contribution in [2.24, 2.45) is 0 Å². The molecule has 6 nitrogen and oxygen atoms in total. The smallest absolute Gasteiger partial charge is 0.263 e. The van der Waals surface area contributed by atoms with Gasteiger partial charge in [-0.3, -0.25) is 4.72 Å². The molecule has 2 aromatic rings. The molecule has 0 aliphatic heterocycles. The lowest BCUT2D eigenvalue weighted by Gasteiger charge is -2.10. The summed E-state index contributed by atoms with van der Waals surface area (Å²) in [5.74, 6) is 0. The maximum atomic E-state index is 12.3. The van der Waals surface area contributed by atoms with Crippen LogP contribution < -0.4 is 10.5 Å². The standard InChI is InChI=1S/C13H11ClN4O2S/c1-8-4-10(7-17-13(8)14)18-21(19,20)12-3-2-9(6-15)5-11(12)16/h2-5,7,18H,16H2,1H3. The number of benzene rings is 1. The topological polar surface area (TPSA) is 109 Å². The van der Waals surface area contributed by atoms with E-state index in [0.29, 0.717) is 10.7 Å². The van der Waals surface area contributed by atoms with Crippen LogP contribution in [0.4, 0.5) is 11.4 Å². The zero-order chi connectivity index (χ0) is 15.6. The number of nitrogens with two attached hydrogens (primary N) is 1. The zero-order valence-corrected chi connectivity index (χ0v) is 12.5. The van der Waals surface area contributed by atoms with Crippen molar-refractivity contribution < 1.29 is 8.42 Å². The number of nitrogen functional groups attached to an aromatic ring is 1. The Bertz CT molecular complexity index is 844. The van der Waals surface area contributed by atoms with Gasteiger partial charge in [0.15, 0.2) is 0 Å². The largest absolute Gasteiger partial charge is 0.398 e. The minimum absolute atomic E-state index is 0.000180. The molecule has 108 valence electrons. The van der Waals surface area contributed by atoms with Crippen molar-refractivity contribution in [3.63, 3.8) is 0 Å². The summed E-state index contributed by atoms with van der Waals surface area (Å²) in [5, 5.41) is 9.06. The second-order valence-corrected chi connectivity index (χ2v) is 6.31. The second kappa shape index (κ2) is 5.60. The summed E-state index contributed by atoms with van der Waals surface area (Å²) in [6.07, 6.45) is 1.31. The first-order chi connectivity index (χ1) is 9.83. The SMILES string of the molecule is Cc1cc(NS(=O)(=O)c2ccc(C#N)cc2N)cnc1Cl. The molecular weight excluding hydrogens is 312 g/mol. The third-order valence-corrected chi connectivity index (χ3v) is 4.55. The number of hydrogen-bond acceptors (Lipinski definition) is 5. The van der Waals surface area contributed by atoms with Gasteiger partial charge in [-0.25, -0.2) is 13.4 Å². The van der Waals surface area contributed by atoms with Gasteiger partial charge in [0.25, 0.3) is 10.0 Å². The Hall–Kier alpha value is -2.30. The summed E-state index contributed by atoms with van der Waals surface area (Å²) in [6.45, 7) is 1.71. The van der Waals surface area contributed by atoms with Gasteiger partial charge in [-0.1, -0.05) is 11.6 Å². The van der Waals surface area contributed by atoms with Gasteiger partial charge in [0, 0.05) is 0 Å². The quantitative estimate of drug-likeness (QED) is 0.665. The third-order valence-electron chi connectivity index (χ3n) is 2.70. The number of sulfonamides is 1. The number of aromatic nitrogens is 1. The molecule has 0 aliphatic rings. The molecule has 1 aromatic heterocycles. The number of aryl methyl sites for hydroxylation is 1. The van der Waals surface area contributed by atoms with Gasteiger partial charge in [0.2, 0.25) is 0 Å². The minimum Gasteiger partial charge on any atom is -0.398 e. The molecule has 0 unspecified atom stereocenters. The Balaban J connectivity index is 2.38. The molecule has 8 heteroatoms. The lowest BCUT2D eigenvalue weighted by molar-refractivity contribution is 0.601. The number of anilines is 2. The van der Waals surface area contributed by atoms with E-state index in [1.807, 2.05) is 6.07 Å². The van der Waals surface area contributed by atoms with Gasteiger partial charge in [-0.05, 0) is 36.8 Å². The number of nitriles is 1. The number of pyridine rings is 1. The monoisotopic (exact) mass is 322 g/mol. The van der Waals surface area contributed by atoms with E-state index in [4.69, 9.17) is 22.6 Å². The molecule has 0 radical (unpaired) electrons. The first-order valence-corrected chi connectivity index (χ1v) is 7.64. The third kappa shape index (κ3) is 3.24. The summed E-state index contributed by atoms with van der Waals surface area (Å²) >= 11 is 5.79. The molecule has 0 bridgehead atoms.